The number of nitrogens with zero attached hydrogens (tertiary/aromatic N) is 1. The van der Waals surface area contributed by atoms with E-state index in [1.54, 1.807) is 27.6 Å². The Morgan fingerprint density at radius 1 is 1.08 bits per heavy atom. The quantitative estimate of drug-likeness (QED) is 0.741. The number of hydrogen-bond acceptors (Lipinski definition) is 6. The van der Waals surface area contributed by atoms with Gasteiger partial charge in [-0.1, -0.05) is 0 Å². The van der Waals surface area contributed by atoms with E-state index in [-0.39, 0.29) is 6.04 Å². The van der Waals surface area contributed by atoms with Crippen molar-refractivity contribution in [3.05, 3.63) is 41.9 Å². The molecular weight excluding hydrogens is 332 g/mol. The number of furan rings is 1. The highest BCUT2D eigenvalue weighted by Gasteiger charge is 2.25. The van der Waals surface area contributed by atoms with E-state index >= 15 is 0 Å². The van der Waals surface area contributed by atoms with Crippen LogP contribution in [0.1, 0.15) is 30.2 Å². The Kier molecular flexibility index (Phi) is 6.41. The number of benzene rings is 1. The Hall–Kier alpha value is -2.18. The first-order chi connectivity index (χ1) is 12.8. The highest BCUT2D eigenvalue weighted by molar-refractivity contribution is 5.53. The van der Waals surface area contributed by atoms with Crippen LogP contribution < -0.4 is 19.5 Å². The number of hydrogen-bond donors (Lipinski definition) is 1. The fourth-order valence-corrected chi connectivity index (χ4v) is 3.53. The van der Waals surface area contributed by atoms with Crippen LogP contribution in [-0.2, 0) is 6.54 Å². The average Bonchev–Trinajstić information content (AvgIpc) is 3.38. The first-order valence-corrected chi connectivity index (χ1v) is 9.04. The molecule has 1 aromatic carbocycles. The summed E-state index contributed by atoms with van der Waals surface area (Å²) >= 11 is 0. The Bertz CT molecular complexity index is 656. The standard InChI is InChI=1S/C20H28N2O4/c1-23-18-11-15(12-19(24-2)20(18)25-3)13-21-14-16(17-7-6-10-26-17)22-8-4-5-9-22/h6-7,10-12,16,21H,4-5,8-9,13-14H2,1-3H3/t16-/m1/s1. The first-order valence-electron chi connectivity index (χ1n) is 9.04. The lowest BCUT2D eigenvalue weighted by Gasteiger charge is -2.26. The Balaban J connectivity index is 1.67. The van der Waals surface area contributed by atoms with Crippen molar-refractivity contribution >= 4 is 0 Å². The monoisotopic (exact) mass is 360 g/mol. The summed E-state index contributed by atoms with van der Waals surface area (Å²) in [4.78, 5) is 2.49. The summed E-state index contributed by atoms with van der Waals surface area (Å²) in [6.07, 6.45) is 4.26. The second-order valence-corrected chi connectivity index (χ2v) is 6.44. The molecule has 142 valence electrons. The molecule has 0 unspecified atom stereocenters. The zero-order valence-electron chi connectivity index (χ0n) is 15.8. The van der Waals surface area contributed by atoms with Gasteiger partial charge in [0.25, 0.3) is 0 Å². The second-order valence-electron chi connectivity index (χ2n) is 6.44. The van der Waals surface area contributed by atoms with Gasteiger partial charge in [0.15, 0.2) is 11.5 Å². The van der Waals surface area contributed by atoms with Gasteiger partial charge in [0, 0.05) is 13.1 Å². The number of ether oxygens (including phenoxy) is 3. The molecule has 1 saturated heterocycles. The van der Waals surface area contributed by atoms with Crippen LogP contribution in [0.4, 0.5) is 0 Å². The van der Waals surface area contributed by atoms with Crippen molar-refractivity contribution in [2.45, 2.75) is 25.4 Å². The van der Waals surface area contributed by atoms with Gasteiger partial charge in [0.2, 0.25) is 5.75 Å². The number of methoxy groups -OCH3 is 3. The Morgan fingerprint density at radius 2 is 1.77 bits per heavy atom. The van der Waals surface area contributed by atoms with E-state index in [9.17, 15) is 0 Å². The molecule has 2 aromatic rings. The first kappa shape index (κ1) is 18.6. The van der Waals surface area contributed by atoms with E-state index in [4.69, 9.17) is 18.6 Å². The maximum absolute atomic E-state index is 5.68. The number of nitrogens with one attached hydrogen (secondary N) is 1. The molecule has 0 aliphatic carbocycles. The molecule has 1 aliphatic rings. The van der Waals surface area contributed by atoms with Crippen molar-refractivity contribution in [2.75, 3.05) is 41.0 Å². The van der Waals surface area contributed by atoms with Crippen molar-refractivity contribution in [3.8, 4) is 17.2 Å². The molecule has 1 atom stereocenters. The summed E-state index contributed by atoms with van der Waals surface area (Å²) in [5.74, 6) is 2.98. The minimum absolute atomic E-state index is 0.259. The van der Waals surface area contributed by atoms with Crippen LogP contribution >= 0.6 is 0 Å². The Morgan fingerprint density at radius 3 is 2.31 bits per heavy atom. The van der Waals surface area contributed by atoms with Gasteiger partial charge in [-0.15, -0.1) is 0 Å². The van der Waals surface area contributed by atoms with Gasteiger partial charge in [-0.05, 0) is 55.8 Å². The summed E-state index contributed by atoms with van der Waals surface area (Å²) in [6.45, 7) is 3.78. The van der Waals surface area contributed by atoms with Crippen LogP contribution in [0, 0.1) is 0 Å². The highest BCUT2D eigenvalue weighted by atomic mass is 16.5. The molecule has 1 N–H and O–H groups in total. The molecule has 0 amide bonds. The van der Waals surface area contributed by atoms with E-state index in [1.807, 2.05) is 18.2 Å². The van der Waals surface area contributed by atoms with E-state index in [2.05, 4.69) is 16.3 Å². The van der Waals surface area contributed by atoms with Gasteiger partial charge >= 0.3 is 0 Å². The van der Waals surface area contributed by atoms with E-state index in [0.29, 0.717) is 23.8 Å². The summed E-state index contributed by atoms with van der Waals surface area (Å²) in [5.41, 5.74) is 1.08. The van der Waals surface area contributed by atoms with Crippen molar-refractivity contribution in [1.29, 1.82) is 0 Å². The summed E-state index contributed by atoms with van der Waals surface area (Å²) in [6, 6.07) is 8.23. The highest BCUT2D eigenvalue weighted by Crippen LogP contribution is 2.38. The summed E-state index contributed by atoms with van der Waals surface area (Å²) in [7, 11) is 4.88. The molecule has 0 spiro atoms. The summed E-state index contributed by atoms with van der Waals surface area (Å²) in [5, 5.41) is 3.55. The van der Waals surface area contributed by atoms with E-state index < -0.39 is 0 Å². The molecule has 3 rings (SSSR count). The normalized spacial score (nSPS) is 15.8. The average molecular weight is 360 g/mol. The van der Waals surface area contributed by atoms with Crippen LogP contribution in [0.15, 0.2) is 34.9 Å². The number of likely N-dealkylation sites (tertiary alicyclic amines) is 1. The second kappa shape index (κ2) is 8.96. The minimum atomic E-state index is 0.259. The molecule has 26 heavy (non-hydrogen) atoms. The minimum Gasteiger partial charge on any atom is -0.493 e. The third-order valence-corrected chi connectivity index (χ3v) is 4.84. The van der Waals surface area contributed by atoms with Crippen LogP contribution in [0.3, 0.4) is 0 Å². The molecule has 1 fully saturated rings. The van der Waals surface area contributed by atoms with Crippen LogP contribution in [0.2, 0.25) is 0 Å². The van der Waals surface area contributed by atoms with Gasteiger partial charge in [-0.2, -0.15) is 0 Å². The lowest BCUT2D eigenvalue weighted by atomic mass is 10.1. The molecular formula is C20H28N2O4. The van der Waals surface area contributed by atoms with Gasteiger partial charge in [0.05, 0.1) is 33.6 Å². The Labute approximate surface area is 155 Å². The van der Waals surface area contributed by atoms with Crippen molar-refractivity contribution < 1.29 is 18.6 Å². The van der Waals surface area contributed by atoms with Crippen LogP contribution in [0.5, 0.6) is 17.2 Å². The molecule has 1 aromatic heterocycles. The topological polar surface area (TPSA) is 56.1 Å². The van der Waals surface area contributed by atoms with Gasteiger partial charge < -0.3 is 23.9 Å². The van der Waals surface area contributed by atoms with Gasteiger partial charge in [0.1, 0.15) is 5.76 Å². The summed E-state index contributed by atoms with van der Waals surface area (Å²) < 4.78 is 21.9. The SMILES string of the molecule is COc1cc(CNC[C@H](c2ccco2)N2CCCC2)cc(OC)c1OC. The third kappa shape index (κ3) is 4.14. The fourth-order valence-electron chi connectivity index (χ4n) is 3.53. The third-order valence-electron chi connectivity index (χ3n) is 4.84. The maximum atomic E-state index is 5.68. The molecule has 6 heteroatoms. The van der Waals surface area contributed by atoms with Crippen LogP contribution in [-0.4, -0.2) is 45.9 Å². The van der Waals surface area contributed by atoms with Crippen molar-refractivity contribution in [3.63, 3.8) is 0 Å². The van der Waals surface area contributed by atoms with Gasteiger partial charge in [-0.3, -0.25) is 4.90 Å². The van der Waals surface area contributed by atoms with Gasteiger partial charge in [-0.25, -0.2) is 0 Å². The lowest BCUT2D eigenvalue weighted by Crippen LogP contribution is -2.33. The molecule has 1 aliphatic heterocycles. The molecule has 6 nitrogen and oxygen atoms in total. The molecule has 2 heterocycles. The number of rotatable bonds is 9. The molecule has 0 radical (unpaired) electrons. The van der Waals surface area contributed by atoms with E-state index in [1.165, 1.54) is 12.8 Å². The van der Waals surface area contributed by atoms with Crippen molar-refractivity contribution in [2.24, 2.45) is 0 Å². The largest absolute Gasteiger partial charge is 0.493 e. The zero-order chi connectivity index (χ0) is 18.4. The van der Waals surface area contributed by atoms with Crippen molar-refractivity contribution in [1.82, 2.24) is 10.2 Å². The smallest absolute Gasteiger partial charge is 0.203 e. The van der Waals surface area contributed by atoms with Crippen LogP contribution in [0.25, 0.3) is 0 Å². The molecule has 0 bridgehead atoms. The molecule has 0 saturated carbocycles. The maximum Gasteiger partial charge on any atom is 0.203 e. The van der Waals surface area contributed by atoms with E-state index in [0.717, 1.165) is 31.0 Å². The predicted octanol–water partition coefficient (Wildman–Crippen LogP) is 3.23. The zero-order valence-corrected chi connectivity index (χ0v) is 15.8. The predicted molar refractivity (Wildman–Crippen MR) is 100 cm³/mol. The fraction of sp³-hybridized carbons (Fsp3) is 0.500. The lowest BCUT2D eigenvalue weighted by molar-refractivity contribution is 0.209.